The van der Waals surface area contributed by atoms with E-state index in [0.29, 0.717) is 6.42 Å². The highest BCUT2D eigenvalue weighted by Crippen LogP contribution is 1.96. The minimum Gasteiger partial charge on any atom is -0.251 e. The molecule has 1 heteroatoms. The molecule has 0 amide bonds. The molecule has 0 rings (SSSR count). The number of hydrogen-bond acceptors (Lipinski definition) is 0. The van der Waals surface area contributed by atoms with Gasteiger partial charge in [-0.15, -0.1) is 0 Å². The zero-order valence-electron chi connectivity index (χ0n) is 4.28. The number of rotatable bonds is 3. The van der Waals surface area contributed by atoms with Crippen molar-refractivity contribution in [2.75, 3.05) is 6.67 Å². The van der Waals surface area contributed by atoms with Crippen LogP contribution in [-0.4, -0.2) is 6.67 Å². The summed E-state index contributed by atoms with van der Waals surface area (Å²) in [5, 5.41) is 0. The first kappa shape index (κ1) is 6.41. The van der Waals surface area contributed by atoms with Crippen molar-refractivity contribution in [3.8, 4) is 0 Å². The molecule has 0 heterocycles. The highest BCUT2D eigenvalue weighted by molar-refractivity contribution is 5.10. The summed E-state index contributed by atoms with van der Waals surface area (Å²) in [6.45, 7) is 6.59. The lowest BCUT2D eigenvalue weighted by Gasteiger charge is -1.87. The Morgan fingerprint density at radius 1 is 1.71 bits per heavy atom. The summed E-state index contributed by atoms with van der Waals surface area (Å²) in [6, 6.07) is 0. The van der Waals surface area contributed by atoms with Crippen LogP contribution >= 0.6 is 0 Å². The molecule has 0 aliphatic heterocycles. The molecule has 7 heavy (non-hydrogen) atoms. The van der Waals surface area contributed by atoms with E-state index in [0.717, 1.165) is 5.57 Å². The van der Waals surface area contributed by atoms with Gasteiger partial charge in [-0.2, -0.15) is 0 Å². The molecule has 0 radical (unpaired) electrons. The Hall–Kier alpha value is -0.590. The zero-order chi connectivity index (χ0) is 5.70. The summed E-state index contributed by atoms with van der Waals surface area (Å²) in [6.07, 6.45) is 1.99. The highest BCUT2D eigenvalue weighted by atomic mass is 19.1. The summed E-state index contributed by atoms with van der Waals surface area (Å²) < 4.78 is 11.3. The molecule has 40 valence electrons. The zero-order valence-corrected chi connectivity index (χ0v) is 4.28. The van der Waals surface area contributed by atoms with Crippen LogP contribution in [0, 0.1) is 0 Å². The van der Waals surface area contributed by atoms with Gasteiger partial charge >= 0.3 is 0 Å². The predicted molar refractivity (Wildman–Crippen MR) is 29.9 cm³/mol. The maximum absolute atomic E-state index is 11.3. The van der Waals surface area contributed by atoms with Gasteiger partial charge in [0.1, 0.15) is 0 Å². The van der Waals surface area contributed by atoms with E-state index in [1.54, 1.807) is 6.08 Å². The molecule has 0 aliphatic carbocycles. The summed E-state index contributed by atoms with van der Waals surface area (Å²) in [5.41, 5.74) is 0.766. The number of alkyl halides is 1. The van der Waals surface area contributed by atoms with Crippen LogP contribution in [0.25, 0.3) is 0 Å². The van der Waals surface area contributed by atoms with Crippen molar-refractivity contribution in [1.82, 2.24) is 0 Å². The van der Waals surface area contributed by atoms with Crippen molar-refractivity contribution >= 4 is 0 Å². The molecule has 0 atom stereocenters. The highest BCUT2D eigenvalue weighted by Gasteiger charge is 1.82. The maximum Gasteiger partial charge on any atom is 0.0934 e. The second kappa shape index (κ2) is 3.59. The smallest absolute Gasteiger partial charge is 0.0934 e. The Kier molecular flexibility index (Phi) is 3.29. The maximum atomic E-state index is 11.3. The van der Waals surface area contributed by atoms with Gasteiger partial charge in [0.15, 0.2) is 0 Å². The Morgan fingerprint density at radius 2 is 2.29 bits per heavy atom. The molecule has 0 nitrogen and oxygen atoms in total. The third-order valence-corrected chi connectivity index (χ3v) is 0.704. The Morgan fingerprint density at radius 3 is 2.43 bits per heavy atom. The summed E-state index contributed by atoms with van der Waals surface area (Å²) in [4.78, 5) is 0. The van der Waals surface area contributed by atoms with Gasteiger partial charge in [0.25, 0.3) is 0 Å². The summed E-state index contributed by atoms with van der Waals surface area (Å²) in [7, 11) is 0. The van der Waals surface area contributed by atoms with E-state index in [1.165, 1.54) is 0 Å². The fraction of sp³-hybridized carbons (Fsp3) is 0.333. The molecule has 0 saturated heterocycles. The van der Waals surface area contributed by atoms with Crippen molar-refractivity contribution < 1.29 is 4.39 Å². The summed E-state index contributed by atoms with van der Waals surface area (Å²) >= 11 is 0. The van der Waals surface area contributed by atoms with Crippen LogP contribution in [-0.2, 0) is 0 Å². The molecule has 0 unspecified atom stereocenters. The van der Waals surface area contributed by atoms with E-state index in [-0.39, 0.29) is 6.67 Å². The quantitative estimate of drug-likeness (QED) is 0.476. The van der Waals surface area contributed by atoms with Crippen LogP contribution in [0.1, 0.15) is 6.42 Å². The Labute approximate surface area is 43.4 Å². The molecule has 0 N–H and O–H groups in total. The minimum absolute atomic E-state index is 0.329. The number of hydrogen-bond donors (Lipinski definition) is 0. The lowest BCUT2D eigenvalue weighted by Crippen LogP contribution is -1.75. The second-order valence-electron chi connectivity index (χ2n) is 1.30. The van der Waals surface area contributed by atoms with E-state index in [2.05, 4.69) is 13.2 Å². The van der Waals surface area contributed by atoms with Crippen LogP contribution in [0.3, 0.4) is 0 Å². The molecule has 0 aromatic heterocycles. The van der Waals surface area contributed by atoms with Gasteiger partial charge in [-0.1, -0.05) is 24.8 Å². The van der Waals surface area contributed by atoms with Crippen LogP contribution < -0.4 is 0 Å². The van der Waals surface area contributed by atoms with Crippen LogP contribution in [0.4, 0.5) is 4.39 Å². The van der Waals surface area contributed by atoms with Gasteiger partial charge in [0.05, 0.1) is 6.67 Å². The molecule has 0 fully saturated rings. The lowest BCUT2D eigenvalue weighted by atomic mass is 10.2. The van der Waals surface area contributed by atoms with E-state index in [4.69, 9.17) is 0 Å². The SMILES string of the molecule is C=CC(=C)CCF. The first-order chi connectivity index (χ1) is 3.31. The number of halogens is 1. The van der Waals surface area contributed by atoms with Crippen LogP contribution in [0.5, 0.6) is 0 Å². The monoisotopic (exact) mass is 100 g/mol. The van der Waals surface area contributed by atoms with Gasteiger partial charge in [0.2, 0.25) is 0 Å². The molecule has 0 bridgehead atoms. The van der Waals surface area contributed by atoms with Gasteiger partial charge in [-0.05, 0) is 0 Å². The van der Waals surface area contributed by atoms with Crippen molar-refractivity contribution in [2.24, 2.45) is 0 Å². The molecule has 0 saturated carbocycles. The second-order valence-corrected chi connectivity index (χ2v) is 1.30. The van der Waals surface area contributed by atoms with Crippen molar-refractivity contribution in [1.29, 1.82) is 0 Å². The standard InChI is InChI=1S/C6H9F/c1-3-6(2)4-5-7/h3H,1-2,4-5H2. The minimum atomic E-state index is -0.329. The Balaban J connectivity index is 3.17. The van der Waals surface area contributed by atoms with Crippen LogP contribution in [0.2, 0.25) is 0 Å². The van der Waals surface area contributed by atoms with Crippen molar-refractivity contribution in [3.63, 3.8) is 0 Å². The third kappa shape index (κ3) is 3.23. The number of allylic oxidation sites excluding steroid dienone is 2. The van der Waals surface area contributed by atoms with Crippen molar-refractivity contribution in [2.45, 2.75) is 6.42 Å². The van der Waals surface area contributed by atoms with Gasteiger partial charge in [0, 0.05) is 6.42 Å². The molecule has 0 aromatic rings. The van der Waals surface area contributed by atoms with E-state index in [9.17, 15) is 4.39 Å². The first-order valence-corrected chi connectivity index (χ1v) is 2.17. The van der Waals surface area contributed by atoms with Crippen LogP contribution in [0.15, 0.2) is 24.8 Å². The van der Waals surface area contributed by atoms with E-state index < -0.39 is 0 Å². The molecule has 0 aliphatic rings. The molecule has 0 spiro atoms. The lowest BCUT2D eigenvalue weighted by molar-refractivity contribution is 0.497. The van der Waals surface area contributed by atoms with Gasteiger partial charge in [-0.3, -0.25) is 4.39 Å². The predicted octanol–water partition coefficient (Wildman–Crippen LogP) is 2.09. The fourth-order valence-corrected chi connectivity index (χ4v) is 0.223. The van der Waals surface area contributed by atoms with Gasteiger partial charge in [-0.25, -0.2) is 0 Å². The van der Waals surface area contributed by atoms with Crippen molar-refractivity contribution in [3.05, 3.63) is 24.8 Å². The largest absolute Gasteiger partial charge is 0.251 e. The Bertz CT molecular complexity index is 74.2. The topological polar surface area (TPSA) is 0 Å². The van der Waals surface area contributed by atoms with E-state index >= 15 is 0 Å². The normalized spacial score (nSPS) is 8.14. The average Bonchev–Trinajstić information content (AvgIpc) is 1.68. The summed E-state index contributed by atoms with van der Waals surface area (Å²) in [5.74, 6) is 0. The first-order valence-electron chi connectivity index (χ1n) is 2.17. The van der Waals surface area contributed by atoms with E-state index in [1.807, 2.05) is 0 Å². The molecular weight excluding hydrogens is 91.1 g/mol. The molecular formula is C6H9F. The molecule has 0 aromatic carbocycles. The average molecular weight is 100 g/mol. The third-order valence-electron chi connectivity index (χ3n) is 0.704. The fourth-order valence-electron chi connectivity index (χ4n) is 0.223. The van der Waals surface area contributed by atoms with Gasteiger partial charge < -0.3 is 0 Å².